The first kappa shape index (κ1) is 8.86. The number of hydrogen-bond donors (Lipinski definition) is 3. The van der Waals surface area contributed by atoms with E-state index in [-0.39, 0.29) is 12.2 Å². The second kappa shape index (κ2) is 3.21. The van der Waals surface area contributed by atoms with E-state index in [2.05, 4.69) is 10.3 Å². The van der Waals surface area contributed by atoms with Gasteiger partial charge >= 0.3 is 11.7 Å². The molecule has 0 saturated heterocycles. The van der Waals surface area contributed by atoms with E-state index >= 15 is 0 Å². The predicted octanol–water partition coefficient (Wildman–Crippen LogP) is -0.381. The molecule has 0 unspecified atom stereocenters. The van der Waals surface area contributed by atoms with Crippen molar-refractivity contribution in [2.24, 2.45) is 0 Å². The van der Waals surface area contributed by atoms with Gasteiger partial charge in [-0.25, -0.2) is 4.79 Å². The third-order valence-corrected chi connectivity index (χ3v) is 2.25. The highest BCUT2D eigenvalue weighted by atomic mass is 16.4. The fourth-order valence-electron chi connectivity index (χ4n) is 1.66. The minimum absolute atomic E-state index is 0.294. The number of carboxylic acids is 1. The minimum Gasteiger partial charge on any atom is -0.480 e. The van der Waals surface area contributed by atoms with Gasteiger partial charge in [-0.2, -0.15) is 0 Å². The molecule has 1 aliphatic heterocycles. The fraction of sp³-hybridized carbons (Fsp3) is 0.500. The van der Waals surface area contributed by atoms with E-state index in [1.807, 2.05) is 0 Å². The second-order valence-corrected chi connectivity index (χ2v) is 3.27. The van der Waals surface area contributed by atoms with Crippen LogP contribution in [0.15, 0.2) is 4.79 Å². The summed E-state index contributed by atoms with van der Waals surface area (Å²) in [6, 6.07) is 0. The van der Waals surface area contributed by atoms with Crippen molar-refractivity contribution < 1.29 is 9.90 Å². The van der Waals surface area contributed by atoms with E-state index in [1.54, 1.807) is 0 Å². The van der Waals surface area contributed by atoms with Crippen molar-refractivity contribution >= 4 is 11.8 Å². The Kier molecular flexibility index (Phi) is 2.03. The van der Waals surface area contributed by atoms with Gasteiger partial charge in [0.05, 0.1) is 5.69 Å². The Bertz CT molecular complexity index is 418. The molecule has 0 aromatic carbocycles. The van der Waals surface area contributed by atoms with Crippen LogP contribution in [-0.2, 0) is 17.8 Å². The van der Waals surface area contributed by atoms with E-state index in [0.717, 1.165) is 25.1 Å². The molecule has 0 atom stereocenters. The third-order valence-electron chi connectivity index (χ3n) is 2.25. The van der Waals surface area contributed by atoms with Gasteiger partial charge in [-0.05, 0) is 12.8 Å². The van der Waals surface area contributed by atoms with Gasteiger partial charge in [0.25, 0.3) is 0 Å². The summed E-state index contributed by atoms with van der Waals surface area (Å²) in [5, 5.41) is 11.6. The Balaban J connectivity index is 2.42. The molecule has 0 saturated carbocycles. The Hall–Kier alpha value is -1.72. The first-order chi connectivity index (χ1) is 6.68. The zero-order chi connectivity index (χ0) is 10.1. The molecule has 0 spiro atoms. The van der Waals surface area contributed by atoms with Gasteiger partial charge in [0, 0.05) is 6.54 Å². The number of aromatic nitrogens is 2. The van der Waals surface area contributed by atoms with Crippen LogP contribution in [0.1, 0.15) is 12.1 Å². The number of H-pyrrole nitrogens is 1. The molecule has 2 heterocycles. The standard InChI is InChI=1S/C8H11N3O3/c12-6(13)4-11-7-5(10-8(11)14)2-1-3-9-7/h9H,1-4H2,(H,10,14)(H,12,13). The maximum atomic E-state index is 11.3. The summed E-state index contributed by atoms with van der Waals surface area (Å²) in [6.07, 6.45) is 1.75. The van der Waals surface area contributed by atoms with Crippen LogP contribution in [0.5, 0.6) is 0 Å². The molecule has 76 valence electrons. The summed E-state index contributed by atoms with van der Waals surface area (Å²) in [6.45, 7) is 0.488. The molecule has 0 aliphatic carbocycles. The SMILES string of the molecule is O=C(O)Cn1c2c([nH]c1=O)CCCN2. The van der Waals surface area contributed by atoms with Crippen molar-refractivity contribution in [2.45, 2.75) is 19.4 Å². The number of anilines is 1. The number of hydrogen-bond acceptors (Lipinski definition) is 3. The Morgan fingerprint density at radius 1 is 1.57 bits per heavy atom. The lowest BCUT2D eigenvalue weighted by Gasteiger charge is -2.14. The average molecular weight is 197 g/mol. The van der Waals surface area contributed by atoms with Crippen molar-refractivity contribution in [2.75, 3.05) is 11.9 Å². The number of carbonyl (C=O) groups is 1. The Morgan fingerprint density at radius 2 is 2.36 bits per heavy atom. The number of rotatable bonds is 2. The molecule has 2 rings (SSSR count). The van der Waals surface area contributed by atoms with Gasteiger partial charge in [0.1, 0.15) is 12.4 Å². The molecule has 6 heteroatoms. The summed E-state index contributed by atoms with van der Waals surface area (Å²) >= 11 is 0. The van der Waals surface area contributed by atoms with Crippen LogP contribution in [-0.4, -0.2) is 27.2 Å². The van der Waals surface area contributed by atoms with Crippen LogP contribution in [0.4, 0.5) is 5.82 Å². The lowest BCUT2D eigenvalue weighted by molar-refractivity contribution is -0.137. The highest BCUT2D eigenvalue weighted by Crippen LogP contribution is 2.17. The summed E-state index contributed by atoms with van der Waals surface area (Å²) in [7, 11) is 0. The van der Waals surface area contributed by atoms with Crippen LogP contribution >= 0.6 is 0 Å². The monoisotopic (exact) mass is 197 g/mol. The van der Waals surface area contributed by atoms with Crippen molar-refractivity contribution in [3.63, 3.8) is 0 Å². The lowest BCUT2D eigenvalue weighted by atomic mass is 10.2. The number of carboxylic acid groups (broad SMARTS) is 1. The smallest absolute Gasteiger partial charge is 0.327 e. The molecule has 0 bridgehead atoms. The quantitative estimate of drug-likeness (QED) is 0.603. The molecule has 1 aromatic rings. The van der Waals surface area contributed by atoms with Crippen LogP contribution in [0.25, 0.3) is 0 Å². The molecule has 3 N–H and O–H groups in total. The number of imidazole rings is 1. The fourth-order valence-corrected chi connectivity index (χ4v) is 1.66. The minimum atomic E-state index is -1.01. The van der Waals surface area contributed by atoms with Gasteiger partial charge < -0.3 is 15.4 Å². The molecular weight excluding hydrogens is 186 g/mol. The topological polar surface area (TPSA) is 87.1 Å². The van der Waals surface area contributed by atoms with Crippen LogP contribution < -0.4 is 11.0 Å². The Morgan fingerprint density at radius 3 is 3.07 bits per heavy atom. The number of nitrogens with zero attached hydrogens (tertiary/aromatic N) is 1. The van der Waals surface area contributed by atoms with E-state index in [1.165, 1.54) is 4.57 Å². The molecule has 0 amide bonds. The molecule has 0 radical (unpaired) electrons. The van der Waals surface area contributed by atoms with E-state index in [4.69, 9.17) is 5.11 Å². The van der Waals surface area contributed by atoms with Crippen molar-refractivity contribution in [1.29, 1.82) is 0 Å². The molecular formula is C8H11N3O3. The van der Waals surface area contributed by atoms with Gasteiger partial charge in [0.2, 0.25) is 0 Å². The summed E-state index contributed by atoms with van der Waals surface area (Å²) in [5.41, 5.74) is 0.453. The molecule has 1 aromatic heterocycles. The summed E-state index contributed by atoms with van der Waals surface area (Å²) in [4.78, 5) is 24.5. The predicted molar refractivity (Wildman–Crippen MR) is 49.5 cm³/mol. The van der Waals surface area contributed by atoms with Crippen LogP contribution in [0.3, 0.4) is 0 Å². The van der Waals surface area contributed by atoms with E-state index in [0.29, 0.717) is 5.82 Å². The van der Waals surface area contributed by atoms with Gasteiger partial charge in [-0.1, -0.05) is 0 Å². The third kappa shape index (κ3) is 1.39. The zero-order valence-corrected chi connectivity index (χ0v) is 7.54. The normalized spacial score (nSPS) is 14.6. The lowest BCUT2D eigenvalue weighted by Crippen LogP contribution is -2.24. The first-order valence-electron chi connectivity index (χ1n) is 4.46. The number of nitrogens with one attached hydrogen (secondary N) is 2. The summed E-state index contributed by atoms with van der Waals surface area (Å²) in [5.74, 6) is -0.384. The largest absolute Gasteiger partial charge is 0.480 e. The first-order valence-corrected chi connectivity index (χ1v) is 4.46. The molecule has 14 heavy (non-hydrogen) atoms. The van der Waals surface area contributed by atoms with Crippen LogP contribution in [0.2, 0.25) is 0 Å². The maximum Gasteiger partial charge on any atom is 0.327 e. The second-order valence-electron chi connectivity index (χ2n) is 3.27. The van der Waals surface area contributed by atoms with Gasteiger partial charge in [-0.15, -0.1) is 0 Å². The number of aryl methyl sites for hydroxylation is 1. The Labute approximate surface area is 79.6 Å². The van der Waals surface area contributed by atoms with Gasteiger partial charge in [0.15, 0.2) is 0 Å². The molecule has 0 fully saturated rings. The van der Waals surface area contributed by atoms with E-state index in [9.17, 15) is 9.59 Å². The van der Waals surface area contributed by atoms with E-state index < -0.39 is 5.97 Å². The number of aliphatic carboxylic acids is 1. The highest BCUT2D eigenvalue weighted by molar-refractivity contribution is 5.67. The number of aromatic amines is 1. The van der Waals surface area contributed by atoms with Gasteiger partial charge in [-0.3, -0.25) is 9.36 Å². The number of fused-ring (bicyclic) bond motifs is 1. The summed E-state index contributed by atoms with van der Waals surface area (Å²) < 4.78 is 1.22. The molecule has 1 aliphatic rings. The van der Waals surface area contributed by atoms with Crippen molar-refractivity contribution in [3.8, 4) is 0 Å². The van der Waals surface area contributed by atoms with Crippen molar-refractivity contribution in [3.05, 3.63) is 16.2 Å². The highest BCUT2D eigenvalue weighted by Gasteiger charge is 2.18. The maximum absolute atomic E-state index is 11.3. The van der Waals surface area contributed by atoms with Crippen LogP contribution in [0, 0.1) is 0 Å². The van der Waals surface area contributed by atoms with Crippen molar-refractivity contribution in [1.82, 2.24) is 9.55 Å². The average Bonchev–Trinajstić information content (AvgIpc) is 2.43. The molecule has 6 nitrogen and oxygen atoms in total. The zero-order valence-electron chi connectivity index (χ0n) is 7.54.